The van der Waals surface area contributed by atoms with Gasteiger partial charge >= 0.3 is 5.97 Å². The highest BCUT2D eigenvalue weighted by molar-refractivity contribution is 6.37. The van der Waals surface area contributed by atoms with Crippen LogP contribution >= 0.6 is 0 Å². The molecule has 0 aliphatic carbocycles. The molecule has 0 fully saturated rings. The van der Waals surface area contributed by atoms with E-state index < -0.39 is 5.97 Å². The number of nitrogens with one attached hydrogen (secondary N) is 1. The van der Waals surface area contributed by atoms with Gasteiger partial charge in [0, 0.05) is 0 Å². The van der Waals surface area contributed by atoms with E-state index in [4.69, 9.17) is 4.74 Å². The molecule has 116 valence electrons. The summed E-state index contributed by atoms with van der Waals surface area (Å²) in [6.07, 6.45) is 0. The Bertz CT molecular complexity index is 842. The Morgan fingerprint density at radius 1 is 1.17 bits per heavy atom. The molecule has 0 unspecified atom stereocenters. The number of hydrazone groups is 1. The van der Waals surface area contributed by atoms with Crippen LogP contribution in [0, 0.1) is 0 Å². The molecule has 0 atom stereocenters. The summed E-state index contributed by atoms with van der Waals surface area (Å²) in [5.74, 6) is -0.559. The third kappa shape index (κ3) is 3.18. The molecule has 0 spiro atoms. The predicted molar refractivity (Wildman–Crippen MR) is 87.1 cm³/mol. The number of carbonyl (C=O) groups is 1. The molecule has 2 aromatic carbocycles. The van der Waals surface area contributed by atoms with Crippen LogP contribution in [0.2, 0.25) is 0 Å². The van der Waals surface area contributed by atoms with Gasteiger partial charge in [-0.1, -0.05) is 35.5 Å². The summed E-state index contributed by atoms with van der Waals surface area (Å²) in [6.45, 7) is 1.98. The first kappa shape index (κ1) is 14.7. The van der Waals surface area contributed by atoms with Crippen molar-refractivity contribution in [2.45, 2.75) is 6.92 Å². The Kier molecular flexibility index (Phi) is 4.28. The normalized spacial score (nSPS) is 11.4. The van der Waals surface area contributed by atoms with Gasteiger partial charge in [-0.25, -0.2) is 4.79 Å². The summed E-state index contributed by atoms with van der Waals surface area (Å²) in [4.78, 5) is 12.2. The minimum absolute atomic E-state index is 0.0180. The first-order valence-corrected chi connectivity index (χ1v) is 7.16. The summed E-state index contributed by atoms with van der Waals surface area (Å²) >= 11 is 0. The Labute approximate surface area is 132 Å². The summed E-state index contributed by atoms with van der Waals surface area (Å²) in [6, 6.07) is 16.6. The molecule has 1 heterocycles. The fraction of sp³-hybridized carbons (Fsp3) is 0.125. The maximum Gasteiger partial charge on any atom is 0.378 e. The lowest BCUT2D eigenvalue weighted by Crippen LogP contribution is -2.27. The van der Waals surface area contributed by atoms with E-state index in [2.05, 4.69) is 20.8 Å². The Balaban J connectivity index is 2.00. The lowest BCUT2D eigenvalue weighted by atomic mass is 10.3. The SMILES string of the molecule is CCOC(=O)C(=NNc1ccccc1)n1nnc2ccccc21. The van der Waals surface area contributed by atoms with Crippen LogP contribution in [-0.2, 0) is 9.53 Å². The van der Waals surface area contributed by atoms with Crippen molar-refractivity contribution in [2.24, 2.45) is 5.10 Å². The van der Waals surface area contributed by atoms with E-state index in [1.807, 2.05) is 54.6 Å². The Morgan fingerprint density at radius 2 is 1.91 bits per heavy atom. The van der Waals surface area contributed by atoms with Gasteiger partial charge in [0.25, 0.3) is 5.84 Å². The van der Waals surface area contributed by atoms with E-state index >= 15 is 0 Å². The maximum absolute atomic E-state index is 12.2. The van der Waals surface area contributed by atoms with Gasteiger partial charge in [0.15, 0.2) is 0 Å². The van der Waals surface area contributed by atoms with Gasteiger partial charge in [-0.3, -0.25) is 5.43 Å². The van der Waals surface area contributed by atoms with Gasteiger partial charge in [-0.2, -0.15) is 4.68 Å². The van der Waals surface area contributed by atoms with Crippen molar-refractivity contribution in [2.75, 3.05) is 12.0 Å². The zero-order valence-electron chi connectivity index (χ0n) is 12.5. The fourth-order valence-electron chi connectivity index (χ4n) is 2.03. The second-order valence-electron chi connectivity index (χ2n) is 4.62. The average Bonchev–Trinajstić information content (AvgIpc) is 3.00. The number of carbonyl (C=O) groups excluding carboxylic acids is 1. The molecule has 0 bridgehead atoms. The molecule has 0 saturated heterocycles. The molecule has 0 radical (unpaired) electrons. The third-order valence-electron chi connectivity index (χ3n) is 3.08. The van der Waals surface area contributed by atoms with E-state index in [1.165, 1.54) is 4.68 Å². The largest absolute Gasteiger partial charge is 0.460 e. The number of para-hydroxylation sites is 2. The van der Waals surface area contributed by atoms with Gasteiger partial charge in [0.05, 0.1) is 17.8 Å². The van der Waals surface area contributed by atoms with Crippen LogP contribution < -0.4 is 5.43 Å². The second-order valence-corrected chi connectivity index (χ2v) is 4.62. The van der Waals surface area contributed by atoms with E-state index in [0.29, 0.717) is 11.0 Å². The number of esters is 1. The Morgan fingerprint density at radius 3 is 2.70 bits per heavy atom. The molecule has 3 aromatic rings. The standard InChI is InChI=1S/C16H15N5O2/c1-2-23-16(22)15(19-17-12-8-4-3-5-9-12)21-14-11-7-6-10-13(14)18-20-21/h3-11,17H,2H2,1H3. The topological polar surface area (TPSA) is 81.4 Å². The Hall–Kier alpha value is -3.22. The highest BCUT2D eigenvalue weighted by Crippen LogP contribution is 2.11. The number of anilines is 1. The minimum Gasteiger partial charge on any atom is -0.460 e. The third-order valence-corrected chi connectivity index (χ3v) is 3.08. The van der Waals surface area contributed by atoms with Crippen molar-refractivity contribution in [3.05, 3.63) is 54.6 Å². The predicted octanol–water partition coefficient (Wildman–Crippen LogP) is 2.27. The second kappa shape index (κ2) is 6.69. The molecule has 1 aromatic heterocycles. The molecule has 3 rings (SSSR count). The van der Waals surface area contributed by atoms with Crippen LogP contribution in [0.4, 0.5) is 5.69 Å². The summed E-state index contributed by atoms with van der Waals surface area (Å²) < 4.78 is 6.43. The van der Waals surface area contributed by atoms with Crippen molar-refractivity contribution in [1.29, 1.82) is 0 Å². The van der Waals surface area contributed by atoms with Crippen LogP contribution in [0.5, 0.6) is 0 Å². The maximum atomic E-state index is 12.2. The van der Waals surface area contributed by atoms with Crippen LogP contribution in [0.25, 0.3) is 11.0 Å². The van der Waals surface area contributed by atoms with Crippen LogP contribution in [0.1, 0.15) is 6.92 Å². The van der Waals surface area contributed by atoms with Gasteiger partial charge in [-0.15, -0.1) is 10.2 Å². The van der Waals surface area contributed by atoms with Crippen molar-refractivity contribution >= 4 is 28.5 Å². The smallest absolute Gasteiger partial charge is 0.378 e. The van der Waals surface area contributed by atoms with Gasteiger partial charge in [0.2, 0.25) is 0 Å². The quantitative estimate of drug-likeness (QED) is 0.347. The highest BCUT2D eigenvalue weighted by Gasteiger charge is 2.19. The molecule has 23 heavy (non-hydrogen) atoms. The number of hydrogen-bond donors (Lipinski definition) is 1. The molecule has 0 aliphatic heterocycles. The zero-order chi connectivity index (χ0) is 16.1. The van der Waals surface area contributed by atoms with Crippen molar-refractivity contribution in [3.8, 4) is 0 Å². The number of nitrogens with zero attached hydrogens (tertiary/aromatic N) is 4. The molecular weight excluding hydrogens is 294 g/mol. The lowest BCUT2D eigenvalue weighted by Gasteiger charge is -2.07. The first-order chi connectivity index (χ1) is 11.3. The van der Waals surface area contributed by atoms with E-state index in [9.17, 15) is 4.79 Å². The van der Waals surface area contributed by atoms with E-state index in [1.54, 1.807) is 6.92 Å². The number of benzene rings is 2. The number of ether oxygens (including phenoxy) is 1. The summed E-state index contributed by atoms with van der Waals surface area (Å²) in [5, 5.41) is 12.2. The van der Waals surface area contributed by atoms with Crippen molar-refractivity contribution < 1.29 is 9.53 Å². The van der Waals surface area contributed by atoms with E-state index in [0.717, 1.165) is 5.69 Å². The zero-order valence-corrected chi connectivity index (χ0v) is 12.5. The number of fused-ring (bicyclic) bond motifs is 1. The summed E-state index contributed by atoms with van der Waals surface area (Å²) in [7, 11) is 0. The molecule has 7 nitrogen and oxygen atoms in total. The highest BCUT2D eigenvalue weighted by atomic mass is 16.5. The van der Waals surface area contributed by atoms with Gasteiger partial charge in [-0.05, 0) is 31.2 Å². The number of hydrogen-bond acceptors (Lipinski definition) is 6. The monoisotopic (exact) mass is 309 g/mol. The molecule has 0 amide bonds. The number of rotatable bonds is 3. The van der Waals surface area contributed by atoms with E-state index in [-0.39, 0.29) is 12.4 Å². The van der Waals surface area contributed by atoms with Crippen LogP contribution in [0.3, 0.4) is 0 Å². The van der Waals surface area contributed by atoms with Gasteiger partial charge in [0.1, 0.15) is 5.52 Å². The fourth-order valence-corrected chi connectivity index (χ4v) is 2.03. The molecule has 0 saturated carbocycles. The van der Waals surface area contributed by atoms with Crippen molar-refractivity contribution in [1.82, 2.24) is 15.0 Å². The molecular formula is C16H15N5O2. The summed E-state index contributed by atoms with van der Waals surface area (Å²) in [5.41, 5.74) is 4.93. The van der Waals surface area contributed by atoms with Crippen LogP contribution in [0.15, 0.2) is 59.7 Å². The minimum atomic E-state index is -0.577. The molecule has 0 aliphatic rings. The average molecular weight is 309 g/mol. The first-order valence-electron chi connectivity index (χ1n) is 7.16. The molecule has 1 N–H and O–H groups in total. The van der Waals surface area contributed by atoms with Crippen molar-refractivity contribution in [3.63, 3.8) is 0 Å². The number of aromatic nitrogens is 3. The van der Waals surface area contributed by atoms with Gasteiger partial charge < -0.3 is 4.74 Å². The van der Waals surface area contributed by atoms with Crippen LogP contribution in [-0.4, -0.2) is 33.4 Å². The molecule has 7 heteroatoms. The lowest BCUT2D eigenvalue weighted by molar-refractivity contribution is -0.135.